The number of pyridine rings is 1. The molecule has 0 aliphatic rings. The number of aromatic nitrogens is 2. The van der Waals surface area contributed by atoms with Crippen molar-refractivity contribution in [2.75, 3.05) is 0 Å². The Morgan fingerprint density at radius 3 is 2.88 bits per heavy atom. The Morgan fingerprint density at radius 1 is 1.19 bits per heavy atom. The molecule has 0 amide bonds. The molecule has 2 heterocycles. The third-order valence-electron chi connectivity index (χ3n) is 2.63. The number of halogens is 1. The first-order chi connectivity index (χ1) is 7.81. The van der Waals surface area contributed by atoms with Gasteiger partial charge in [0.25, 0.3) is 0 Å². The maximum absolute atomic E-state index is 9.14. The van der Waals surface area contributed by atoms with E-state index in [1.807, 2.05) is 18.2 Å². The van der Waals surface area contributed by atoms with Gasteiger partial charge in [0.1, 0.15) is 0 Å². The van der Waals surface area contributed by atoms with E-state index in [9.17, 15) is 0 Å². The number of benzene rings is 1. The molecule has 0 N–H and O–H groups in total. The highest BCUT2D eigenvalue weighted by atomic mass is 35.5. The molecule has 3 nitrogen and oxygen atoms in total. The Bertz CT molecular complexity index is 737. The molecule has 0 radical (unpaired) electrons. The molecule has 0 spiro atoms. The number of hydrogen-bond acceptors (Lipinski definition) is 2. The molecule has 3 rings (SSSR count). The number of fused-ring (bicyclic) bond motifs is 3. The summed E-state index contributed by atoms with van der Waals surface area (Å²) in [6.45, 7) is 0. The topological polar surface area (TPSA) is 41.6 Å². The zero-order valence-electron chi connectivity index (χ0n) is 8.18. The monoisotopic (exact) mass is 227 g/mol. The van der Waals surface area contributed by atoms with Gasteiger partial charge in [-0.3, -0.25) is 4.98 Å². The maximum Gasteiger partial charge on any atom is 0.189 e. The van der Waals surface area contributed by atoms with Crippen molar-refractivity contribution in [1.29, 1.82) is 5.26 Å². The molecule has 0 bridgehead atoms. The molecule has 76 valence electrons. The summed E-state index contributed by atoms with van der Waals surface area (Å²) in [6, 6.07) is 7.39. The lowest BCUT2D eigenvalue weighted by Gasteiger charge is -1.93. The zero-order valence-corrected chi connectivity index (χ0v) is 8.94. The van der Waals surface area contributed by atoms with Crippen LogP contribution in [0.25, 0.3) is 21.8 Å². The van der Waals surface area contributed by atoms with E-state index in [2.05, 4.69) is 11.2 Å². The van der Waals surface area contributed by atoms with Gasteiger partial charge in [0.15, 0.2) is 6.19 Å². The van der Waals surface area contributed by atoms with Crippen molar-refractivity contribution in [3.05, 3.63) is 41.7 Å². The predicted molar refractivity (Wildman–Crippen MR) is 63.3 cm³/mol. The molecule has 0 fully saturated rings. The van der Waals surface area contributed by atoms with Crippen molar-refractivity contribution in [2.45, 2.75) is 0 Å². The van der Waals surface area contributed by atoms with Crippen molar-refractivity contribution >= 4 is 33.4 Å². The van der Waals surface area contributed by atoms with E-state index in [0.717, 1.165) is 21.8 Å². The quantitative estimate of drug-likeness (QED) is 0.592. The number of rotatable bonds is 0. The van der Waals surface area contributed by atoms with Crippen LogP contribution < -0.4 is 0 Å². The van der Waals surface area contributed by atoms with Crippen LogP contribution in [0.1, 0.15) is 0 Å². The van der Waals surface area contributed by atoms with Gasteiger partial charge in [-0.1, -0.05) is 11.6 Å². The average Bonchev–Trinajstić information content (AvgIpc) is 2.62. The van der Waals surface area contributed by atoms with E-state index in [1.165, 1.54) is 0 Å². The van der Waals surface area contributed by atoms with Crippen molar-refractivity contribution < 1.29 is 0 Å². The smallest absolute Gasteiger partial charge is 0.189 e. The van der Waals surface area contributed by atoms with Crippen LogP contribution in [-0.2, 0) is 0 Å². The number of nitriles is 1. The molecular formula is C12H6ClN3. The Kier molecular flexibility index (Phi) is 1.85. The minimum Gasteiger partial charge on any atom is -0.262 e. The fourth-order valence-corrected chi connectivity index (χ4v) is 2.12. The highest BCUT2D eigenvalue weighted by molar-refractivity contribution is 6.31. The van der Waals surface area contributed by atoms with Gasteiger partial charge in [0, 0.05) is 22.0 Å². The van der Waals surface area contributed by atoms with Crippen LogP contribution in [0.3, 0.4) is 0 Å². The first kappa shape index (κ1) is 9.20. The molecule has 0 saturated heterocycles. The van der Waals surface area contributed by atoms with E-state index >= 15 is 0 Å². The second-order valence-electron chi connectivity index (χ2n) is 3.49. The lowest BCUT2D eigenvalue weighted by Crippen LogP contribution is -1.86. The van der Waals surface area contributed by atoms with Gasteiger partial charge in [-0.2, -0.15) is 5.26 Å². The summed E-state index contributed by atoms with van der Waals surface area (Å²) in [5, 5.41) is 11.8. The molecule has 3 aromatic rings. The van der Waals surface area contributed by atoms with E-state index in [4.69, 9.17) is 16.9 Å². The molecule has 0 unspecified atom stereocenters. The molecule has 2 aromatic heterocycles. The zero-order chi connectivity index (χ0) is 11.1. The highest BCUT2D eigenvalue weighted by Crippen LogP contribution is 2.29. The summed E-state index contributed by atoms with van der Waals surface area (Å²) in [7, 11) is 0. The Labute approximate surface area is 96.5 Å². The van der Waals surface area contributed by atoms with Crippen molar-refractivity contribution in [2.24, 2.45) is 0 Å². The van der Waals surface area contributed by atoms with Crippen LogP contribution >= 0.6 is 11.6 Å². The second-order valence-corrected chi connectivity index (χ2v) is 3.93. The second kappa shape index (κ2) is 3.22. The van der Waals surface area contributed by atoms with Crippen LogP contribution in [0.2, 0.25) is 5.02 Å². The van der Waals surface area contributed by atoms with Gasteiger partial charge >= 0.3 is 0 Å². The third kappa shape index (κ3) is 1.11. The summed E-state index contributed by atoms with van der Waals surface area (Å²) in [6.07, 6.45) is 5.55. The minimum atomic E-state index is 0.668. The van der Waals surface area contributed by atoms with Crippen LogP contribution in [-0.4, -0.2) is 9.55 Å². The van der Waals surface area contributed by atoms with Crippen molar-refractivity contribution in [3.8, 4) is 6.19 Å². The number of nitrogens with zero attached hydrogens (tertiary/aromatic N) is 3. The van der Waals surface area contributed by atoms with Gasteiger partial charge < -0.3 is 0 Å². The van der Waals surface area contributed by atoms with Gasteiger partial charge in [0.2, 0.25) is 0 Å². The van der Waals surface area contributed by atoms with Gasteiger partial charge in [-0.15, -0.1) is 0 Å². The molecule has 0 saturated carbocycles. The van der Waals surface area contributed by atoms with Gasteiger partial charge in [-0.05, 0) is 24.3 Å². The normalized spacial score (nSPS) is 10.8. The Morgan fingerprint density at radius 2 is 2.06 bits per heavy atom. The fraction of sp³-hybridized carbons (Fsp3) is 0. The minimum absolute atomic E-state index is 0.668. The highest BCUT2D eigenvalue weighted by Gasteiger charge is 2.09. The summed E-state index contributed by atoms with van der Waals surface area (Å²) in [5.74, 6) is 0. The summed E-state index contributed by atoms with van der Waals surface area (Å²) < 4.78 is 1.56. The SMILES string of the molecule is N#Cn1c2ccc(Cl)cc2c2ccncc21. The lowest BCUT2D eigenvalue weighted by atomic mass is 10.2. The molecule has 1 aromatic carbocycles. The Hall–Kier alpha value is -2.05. The average molecular weight is 228 g/mol. The van der Waals surface area contributed by atoms with E-state index in [1.54, 1.807) is 23.0 Å². The number of hydrogen-bond donors (Lipinski definition) is 0. The van der Waals surface area contributed by atoms with Crippen molar-refractivity contribution in [3.63, 3.8) is 0 Å². The maximum atomic E-state index is 9.14. The Balaban J connectivity index is 2.65. The van der Waals surface area contributed by atoms with Crippen molar-refractivity contribution in [1.82, 2.24) is 9.55 Å². The third-order valence-corrected chi connectivity index (χ3v) is 2.87. The van der Waals surface area contributed by atoms with Crippen LogP contribution in [0.15, 0.2) is 36.7 Å². The first-order valence-corrected chi connectivity index (χ1v) is 5.13. The van der Waals surface area contributed by atoms with E-state index in [0.29, 0.717) is 5.02 Å². The standard InChI is InChI=1S/C12H6ClN3/c13-8-1-2-11-10(5-8)9-3-4-15-6-12(9)16(11)7-14/h1-6H. The molecule has 0 aliphatic heterocycles. The van der Waals surface area contributed by atoms with E-state index in [-0.39, 0.29) is 0 Å². The van der Waals surface area contributed by atoms with Crippen LogP contribution in [0.5, 0.6) is 0 Å². The lowest BCUT2D eigenvalue weighted by molar-refractivity contribution is 1.18. The molecule has 0 aliphatic carbocycles. The first-order valence-electron chi connectivity index (χ1n) is 4.75. The fourth-order valence-electron chi connectivity index (χ4n) is 1.95. The summed E-state index contributed by atoms with van der Waals surface area (Å²) in [5.41, 5.74) is 1.66. The van der Waals surface area contributed by atoms with E-state index < -0.39 is 0 Å². The van der Waals surface area contributed by atoms with Gasteiger partial charge in [0.05, 0.1) is 17.2 Å². The van der Waals surface area contributed by atoms with Gasteiger partial charge in [-0.25, -0.2) is 4.57 Å². The predicted octanol–water partition coefficient (Wildman–Crippen LogP) is 3.17. The summed E-state index contributed by atoms with van der Waals surface area (Å²) >= 11 is 5.96. The largest absolute Gasteiger partial charge is 0.262 e. The van der Waals surface area contributed by atoms with Crippen LogP contribution in [0, 0.1) is 11.5 Å². The van der Waals surface area contributed by atoms with Crippen LogP contribution in [0.4, 0.5) is 0 Å². The molecule has 16 heavy (non-hydrogen) atoms. The molecule has 0 atom stereocenters. The summed E-state index contributed by atoms with van der Waals surface area (Å²) in [4.78, 5) is 4.03. The molecule has 4 heteroatoms. The molecular weight excluding hydrogens is 222 g/mol.